The average Bonchev–Trinajstić information content (AvgIpc) is 3.18. The standard InChI is InChI=1S/C30H35F3N2O2/c1-18-10-22-21-6-3-4-7-26(21)34-29(22)27(23(18)13-30(2)16-36-17-30)28-24(32)11-19(12-25(28)33)37-20-14-35(15-20)9-5-8-31/h3-4,6-7,11-12,18,20,23,27,34H,5,8-10,13-17H2,1-2H3/t18-,23?,27-/m1/s1. The molecule has 3 heterocycles. The fraction of sp³-hybridized carbons (Fsp3) is 0.533. The Bertz CT molecular complexity index is 1260. The van der Waals surface area contributed by atoms with E-state index in [-0.39, 0.29) is 41.3 Å². The SMILES string of the molecule is C[C@@H]1Cc2c([nH]c3ccccc23)[C@@H](c2c(F)cc(OC3CN(CCCF)C3)cc2F)C1CC1(C)COC1. The number of aromatic amines is 1. The highest BCUT2D eigenvalue weighted by Gasteiger charge is 2.45. The van der Waals surface area contributed by atoms with Crippen LogP contribution in [0.25, 0.3) is 10.9 Å². The fourth-order valence-corrected chi connectivity index (χ4v) is 6.72. The lowest BCUT2D eigenvalue weighted by Gasteiger charge is -2.46. The first kappa shape index (κ1) is 24.8. The topological polar surface area (TPSA) is 37.5 Å². The van der Waals surface area contributed by atoms with Crippen LogP contribution in [0.1, 0.15) is 49.4 Å². The van der Waals surface area contributed by atoms with Gasteiger partial charge in [-0.3, -0.25) is 9.29 Å². The maximum absolute atomic E-state index is 15.9. The van der Waals surface area contributed by atoms with E-state index in [0.29, 0.717) is 39.3 Å². The lowest BCUT2D eigenvalue weighted by Crippen LogP contribution is -2.53. The normalized spacial score (nSPS) is 25.5. The summed E-state index contributed by atoms with van der Waals surface area (Å²) in [5.41, 5.74) is 3.25. The molecule has 7 heteroatoms. The van der Waals surface area contributed by atoms with Crippen molar-refractivity contribution >= 4 is 10.9 Å². The zero-order valence-corrected chi connectivity index (χ0v) is 21.5. The van der Waals surface area contributed by atoms with Gasteiger partial charge in [0, 0.05) is 65.3 Å². The van der Waals surface area contributed by atoms with Crippen molar-refractivity contribution in [2.45, 2.75) is 45.1 Å². The molecule has 2 fully saturated rings. The summed E-state index contributed by atoms with van der Waals surface area (Å²) in [7, 11) is 0. The Morgan fingerprint density at radius 1 is 1.14 bits per heavy atom. The molecule has 2 aromatic carbocycles. The second kappa shape index (κ2) is 9.66. The number of halogens is 3. The highest BCUT2D eigenvalue weighted by atomic mass is 19.1. The number of fused-ring (bicyclic) bond motifs is 3. The smallest absolute Gasteiger partial charge is 0.133 e. The van der Waals surface area contributed by atoms with Crippen molar-refractivity contribution in [3.63, 3.8) is 0 Å². The third-order valence-corrected chi connectivity index (χ3v) is 8.67. The molecular weight excluding hydrogens is 477 g/mol. The fourth-order valence-electron chi connectivity index (χ4n) is 6.72. The van der Waals surface area contributed by atoms with E-state index in [0.717, 1.165) is 29.4 Å². The van der Waals surface area contributed by atoms with Crippen LogP contribution >= 0.6 is 0 Å². The quantitative estimate of drug-likeness (QED) is 0.389. The van der Waals surface area contributed by atoms with Gasteiger partial charge in [-0.15, -0.1) is 0 Å². The van der Waals surface area contributed by atoms with Crippen molar-refractivity contribution in [2.24, 2.45) is 17.3 Å². The molecule has 198 valence electrons. The number of nitrogens with one attached hydrogen (secondary N) is 1. The lowest BCUT2D eigenvalue weighted by atomic mass is 9.63. The molecule has 6 rings (SSSR count). The summed E-state index contributed by atoms with van der Waals surface area (Å²) in [4.78, 5) is 5.63. The van der Waals surface area contributed by atoms with Gasteiger partial charge in [0.2, 0.25) is 0 Å². The van der Waals surface area contributed by atoms with Gasteiger partial charge < -0.3 is 14.5 Å². The van der Waals surface area contributed by atoms with Gasteiger partial charge in [-0.25, -0.2) is 8.78 Å². The summed E-state index contributed by atoms with van der Waals surface area (Å²) < 4.78 is 55.6. The second-order valence-corrected chi connectivity index (χ2v) is 11.7. The predicted molar refractivity (Wildman–Crippen MR) is 138 cm³/mol. The maximum atomic E-state index is 15.9. The van der Waals surface area contributed by atoms with Crippen molar-refractivity contribution in [1.29, 1.82) is 0 Å². The van der Waals surface area contributed by atoms with Crippen LogP contribution < -0.4 is 4.74 Å². The molecule has 2 aliphatic heterocycles. The lowest BCUT2D eigenvalue weighted by molar-refractivity contribution is -0.117. The summed E-state index contributed by atoms with van der Waals surface area (Å²) in [6.07, 6.45) is 2.09. The van der Waals surface area contributed by atoms with Gasteiger partial charge in [-0.05, 0) is 42.7 Å². The minimum Gasteiger partial charge on any atom is -0.488 e. The molecule has 1 aromatic heterocycles. The molecule has 2 saturated heterocycles. The zero-order chi connectivity index (χ0) is 25.7. The number of para-hydroxylation sites is 1. The van der Waals surface area contributed by atoms with Crippen LogP contribution in [0.4, 0.5) is 13.2 Å². The minimum atomic E-state index is -0.563. The number of nitrogens with zero attached hydrogens (tertiary/aromatic N) is 1. The number of hydrogen-bond donors (Lipinski definition) is 1. The van der Waals surface area contributed by atoms with E-state index in [1.54, 1.807) is 0 Å². The number of aromatic nitrogens is 1. The minimum absolute atomic E-state index is 0.0228. The van der Waals surface area contributed by atoms with Crippen LogP contribution in [0.3, 0.4) is 0 Å². The Labute approximate surface area is 216 Å². The summed E-state index contributed by atoms with van der Waals surface area (Å²) in [5.74, 6) is -1.00. The third kappa shape index (κ3) is 4.54. The largest absolute Gasteiger partial charge is 0.488 e. The third-order valence-electron chi connectivity index (χ3n) is 8.67. The number of hydrogen-bond acceptors (Lipinski definition) is 3. The molecule has 0 spiro atoms. The summed E-state index contributed by atoms with van der Waals surface area (Å²) in [6, 6.07) is 10.8. The van der Waals surface area contributed by atoms with Gasteiger partial charge in [-0.2, -0.15) is 0 Å². The number of H-pyrrole nitrogens is 1. The van der Waals surface area contributed by atoms with Gasteiger partial charge >= 0.3 is 0 Å². The van der Waals surface area contributed by atoms with Crippen molar-refractivity contribution in [3.8, 4) is 5.75 Å². The van der Waals surface area contributed by atoms with Crippen molar-refractivity contribution in [3.05, 3.63) is 64.9 Å². The van der Waals surface area contributed by atoms with E-state index >= 15 is 8.78 Å². The molecule has 0 amide bonds. The van der Waals surface area contributed by atoms with Crippen molar-refractivity contribution in [2.75, 3.05) is 39.5 Å². The molecule has 3 aromatic rings. The van der Waals surface area contributed by atoms with Gasteiger partial charge in [-0.1, -0.05) is 32.0 Å². The zero-order valence-electron chi connectivity index (χ0n) is 21.5. The Hall–Kier alpha value is -2.51. The number of benzene rings is 2. The molecule has 1 aliphatic carbocycles. The molecule has 0 saturated carbocycles. The molecule has 1 unspecified atom stereocenters. The summed E-state index contributed by atoms with van der Waals surface area (Å²) in [6.45, 7) is 7.41. The monoisotopic (exact) mass is 512 g/mol. The summed E-state index contributed by atoms with van der Waals surface area (Å²) >= 11 is 0. The van der Waals surface area contributed by atoms with E-state index < -0.39 is 17.6 Å². The van der Waals surface area contributed by atoms with Crippen LogP contribution in [-0.4, -0.2) is 55.5 Å². The first-order chi connectivity index (χ1) is 17.8. The number of likely N-dealkylation sites (tertiary alicyclic amines) is 1. The summed E-state index contributed by atoms with van der Waals surface area (Å²) in [5, 5.41) is 1.13. The molecule has 37 heavy (non-hydrogen) atoms. The first-order valence-electron chi connectivity index (χ1n) is 13.5. The molecule has 3 aliphatic rings. The Balaban J connectivity index is 1.34. The van der Waals surface area contributed by atoms with Crippen LogP contribution in [-0.2, 0) is 11.2 Å². The highest BCUT2D eigenvalue weighted by molar-refractivity contribution is 5.85. The van der Waals surface area contributed by atoms with E-state index in [9.17, 15) is 4.39 Å². The van der Waals surface area contributed by atoms with Crippen LogP contribution in [0.15, 0.2) is 36.4 Å². The Kier molecular flexibility index (Phi) is 6.48. The molecule has 0 bridgehead atoms. The van der Waals surface area contributed by atoms with E-state index in [4.69, 9.17) is 9.47 Å². The average molecular weight is 513 g/mol. The predicted octanol–water partition coefficient (Wildman–Crippen LogP) is 6.24. The molecule has 1 N–H and O–H groups in total. The van der Waals surface area contributed by atoms with Crippen LogP contribution in [0.2, 0.25) is 0 Å². The second-order valence-electron chi connectivity index (χ2n) is 11.7. The van der Waals surface area contributed by atoms with E-state index in [1.807, 2.05) is 18.2 Å². The molecule has 4 nitrogen and oxygen atoms in total. The molecular formula is C30H35F3N2O2. The van der Waals surface area contributed by atoms with Crippen molar-refractivity contribution in [1.82, 2.24) is 9.88 Å². The Morgan fingerprint density at radius 3 is 2.54 bits per heavy atom. The Morgan fingerprint density at radius 2 is 1.86 bits per heavy atom. The highest BCUT2D eigenvalue weighted by Crippen LogP contribution is 2.52. The van der Waals surface area contributed by atoms with Crippen LogP contribution in [0.5, 0.6) is 5.75 Å². The molecule has 3 atom stereocenters. The van der Waals surface area contributed by atoms with Crippen molar-refractivity contribution < 1.29 is 22.6 Å². The first-order valence-corrected chi connectivity index (χ1v) is 13.5. The van der Waals surface area contributed by atoms with Gasteiger partial charge in [0.1, 0.15) is 23.5 Å². The van der Waals surface area contributed by atoms with Gasteiger partial charge in [0.25, 0.3) is 0 Å². The van der Waals surface area contributed by atoms with Gasteiger partial charge in [0.15, 0.2) is 0 Å². The number of alkyl halides is 1. The number of rotatable bonds is 8. The maximum Gasteiger partial charge on any atom is 0.133 e. The van der Waals surface area contributed by atoms with E-state index in [1.165, 1.54) is 17.7 Å². The van der Waals surface area contributed by atoms with Crippen LogP contribution in [0, 0.1) is 28.9 Å². The van der Waals surface area contributed by atoms with Gasteiger partial charge in [0.05, 0.1) is 19.9 Å². The van der Waals surface area contributed by atoms with E-state index in [2.05, 4.69) is 29.8 Å². The number of ether oxygens (including phenoxy) is 2. The molecule has 0 radical (unpaired) electrons.